The number of hydrogen-bond donors (Lipinski definition) is 1. The summed E-state index contributed by atoms with van der Waals surface area (Å²) in [4.78, 5) is 12.0. The van der Waals surface area contributed by atoms with E-state index in [1.54, 1.807) is 12.1 Å². The van der Waals surface area contributed by atoms with Crippen LogP contribution in [0.25, 0.3) is 0 Å². The van der Waals surface area contributed by atoms with E-state index in [2.05, 4.69) is 5.43 Å². The van der Waals surface area contributed by atoms with E-state index in [0.29, 0.717) is 0 Å². The van der Waals surface area contributed by atoms with Crippen molar-refractivity contribution in [3.8, 4) is 0 Å². The predicted molar refractivity (Wildman–Crippen MR) is 85.4 cm³/mol. The second kappa shape index (κ2) is 6.62. The molecule has 1 amide bonds. The first-order valence-electron chi connectivity index (χ1n) is 7.37. The van der Waals surface area contributed by atoms with Gasteiger partial charge in [-0.25, -0.2) is 5.43 Å². The lowest BCUT2D eigenvalue weighted by molar-refractivity contribution is -0.126. The maximum Gasteiger partial charge on any atom is 0.280 e. The van der Waals surface area contributed by atoms with Crippen molar-refractivity contribution in [3.63, 3.8) is 0 Å². The van der Waals surface area contributed by atoms with Crippen molar-refractivity contribution in [3.05, 3.63) is 41.5 Å². The zero-order chi connectivity index (χ0) is 16.3. The van der Waals surface area contributed by atoms with E-state index < -0.39 is 15.9 Å². The van der Waals surface area contributed by atoms with Crippen LogP contribution in [0.2, 0.25) is 0 Å². The molecule has 0 aliphatic heterocycles. The summed E-state index contributed by atoms with van der Waals surface area (Å²) >= 11 is 0. The molecular formula is C16H22N2O3S. The Kier molecular flexibility index (Phi) is 5.03. The van der Waals surface area contributed by atoms with E-state index in [1.165, 1.54) is 24.6 Å². The van der Waals surface area contributed by atoms with Crippen molar-refractivity contribution in [1.29, 1.82) is 0 Å². The van der Waals surface area contributed by atoms with Crippen LogP contribution < -0.4 is 5.43 Å². The first-order valence-corrected chi connectivity index (χ1v) is 8.81. The number of nitrogens with one attached hydrogen (secondary N) is 1. The fourth-order valence-electron chi connectivity index (χ4n) is 2.51. The number of benzene rings is 1. The highest BCUT2D eigenvalue weighted by atomic mass is 32.2. The summed E-state index contributed by atoms with van der Waals surface area (Å²) in [5.41, 5.74) is 5.03. The monoisotopic (exact) mass is 322 g/mol. The molecular weight excluding hydrogens is 300 g/mol. The summed E-state index contributed by atoms with van der Waals surface area (Å²) in [5.74, 6) is -0.544. The van der Waals surface area contributed by atoms with Gasteiger partial charge in [-0.3, -0.25) is 4.79 Å². The summed E-state index contributed by atoms with van der Waals surface area (Å²) in [7, 11) is -3.89. The fourth-order valence-corrected chi connectivity index (χ4v) is 3.81. The van der Waals surface area contributed by atoms with Crippen molar-refractivity contribution in [1.82, 2.24) is 9.84 Å². The van der Waals surface area contributed by atoms with E-state index in [4.69, 9.17) is 0 Å². The maximum atomic E-state index is 12.7. The third-order valence-electron chi connectivity index (χ3n) is 3.70. The van der Waals surface area contributed by atoms with Crippen molar-refractivity contribution in [2.75, 3.05) is 0 Å². The second-order valence-corrected chi connectivity index (χ2v) is 7.53. The molecule has 2 rings (SSSR count). The molecule has 1 aliphatic rings. The smallest absolute Gasteiger partial charge is 0.273 e. The first kappa shape index (κ1) is 16.7. The number of amides is 1. The van der Waals surface area contributed by atoms with Gasteiger partial charge in [-0.05, 0) is 45.2 Å². The zero-order valence-corrected chi connectivity index (χ0v) is 14.0. The van der Waals surface area contributed by atoms with Crippen molar-refractivity contribution < 1.29 is 13.2 Å². The summed E-state index contributed by atoms with van der Waals surface area (Å²) < 4.78 is 26.1. The molecule has 120 valence electrons. The van der Waals surface area contributed by atoms with Crippen LogP contribution in [0.1, 0.15) is 38.7 Å². The van der Waals surface area contributed by atoms with E-state index in [0.717, 1.165) is 29.2 Å². The topological polar surface area (TPSA) is 66.5 Å². The molecule has 5 nitrogen and oxygen atoms in total. The SMILES string of the molecule is CC(=O)N(NC1C=C(C)CCC1)S(=O)(=O)c1ccc(C)cc1. The molecule has 1 N–H and O–H groups in total. The molecule has 22 heavy (non-hydrogen) atoms. The quantitative estimate of drug-likeness (QED) is 0.683. The number of allylic oxidation sites excluding steroid dienone is 1. The number of hydrogen-bond acceptors (Lipinski definition) is 4. The van der Waals surface area contributed by atoms with Crippen LogP contribution in [0, 0.1) is 6.92 Å². The van der Waals surface area contributed by atoms with Gasteiger partial charge in [0.25, 0.3) is 10.0 Å². The fraction of sp³-hybridized carbons (Fsp3) is 0.438. The van der Waals surface area contributed by atoms with Crippen LogP contribution in [-0.2, 0) is 14.8 Å². The number of hydrazine groups is 1. The molecule has 1 unspecified atom stereocenters. The lowest BCUT2D eigenvalue weighted by atomic mass is 9.97. The maximum absolute atomic E-state index is 12.7. The lowest BCUT2D eigenvalue weighted by Crippen LogP contribution is -2.50. The second-order valence-electron chi connectivity index (χ2n) is 5.74. The van der Waals surface area contributed by atoms with Crippen LogP contribution >= 0.6 is 0 Å². The highest BCUT2D eigenvalue weighted by molar-refractivity contribution is 7.89. The Hall–Kier alpha value is -1.66. The van der Waals surface area contributed by atoms with Crippen LogP contribution in [0.4, 0.5) is 0 Å². The standard InChI is InChI=1S/C16H22N2O3S/c1-12-7-9-16(10-8-12)22(20,21)18(14(3)19)17-15-6-4-5-13(2)11-15/h7-11,15,17H,4-6H2,1-3H3. The van der Waals surface area contributed by atoms with E-state index in [9.17, 15) is 13.2 Å². The third kappa shape index (κ3) is 3.75. The zero-order valence-electron chi connectivity index (χ0n) is 13.2. The highest BCUT2D eigenvalue weighted by Crippen LogP contribution is 2.20. The molecule has 0 fully saturated rings. The summed E-state index contributed by atoms with van der Waals surface area (Å²) in [5, 5.41) is 0. The minimum absolute atomic E-state index is 0.109. The number of carbonyl (C=O) groups is 1. The van der Waals surface area contributed by atoms with E-state index in [1.807, 2.05) is 19.9 Å². The molecule has 6 heteroatoms. The van der Waals surface area contributed by atoms with E-state index in [-0.39, 0.29) is 10.9 Å². The Balaban J connectivity index is 2.29. The van der Waals surface area contributed by atoms with Gasteiger partial charge < -0.3 is 0 Å². The Morgan fingerprint density at radius 2 is 1.86 bits per heavy atom. The van der Waals surface area contributed by atoms with Crippen LogP contribution in [0.15, 0.2) is 40.8 Å². The number of aryl methyl sites for hydroxylation is 1. The molecule has 1 aromatic carbocycles. The molecule has 0 saturated heterocycles. The molecule has 0 radical (unpaired) electrons. The van der Waals surface area contributed by atoms with Gasteiger partial charge in [-0.15, -0.1) is 0 Å². The molecule has 0 spiro atoms. The first-order chi connectivity index (χ1) is 10.3. The van der Waals surface area contributed by atoms with Gasteiger partial charge in [0.15, 0.2) is 0 Å². The molecule has 0 heterocycles. The average Bonchev–Trinajstić information content (AvgIpc) is 2.45. The van der Waals surface area contributed by atoms with Gasteiger partial charge in [-0.1, -0.05) is 29.3 Å². The van der Waals surface area contributed by atoms with Gasteiger partial charge >= 0.3 is 0 Å². The molecule has 0 aromatic heterocycles. The summed E-state index contributed by atoms with van der Waals surface area (Å²) in [6, 6.07) is 6.33. The molecule has 1 aromatic rings. The minimum atomic E-state index is -3.89. The highest BCUT2D eigenvalue weighted by Gasteiger charge is 2.29. The Morgan fingerprint density at radius 1 is 1.23 bits per heavy atom. The van der Waals surface area contributed by atoms with Gasteiger partial charge in [0.05, 0.1) is 4.90 Å². The summed E-state index contributed by atoms with van der Waals surface area (Å²) in [6.45, 7) is 5.14. The molecule has 0 saturated carbocycles. The lowest BCUT2D eigenvalue weighted by Gasteiger charge is -2.28. The van der Waals surface area contributed by atoms with Gasteiger partial charge in [0.1, 0.15) is 0 Å². The van der Waals surface area contributed by atoms with Crippen LogP contribution in [-0.4, -0.2) is 24.8 Å². The van der Waals surface area contributed by atoms with E-state index >= 15 is 0 Å². The van der Waals surface area contributed by atoms with Crippen molar-refractivity contribution >= 4 is 15.9 Å². The number of carbonyl (C=O) groups excluding carboxylic acids is 1. The molecule has 0 bridgehead atoms. The Labute approximate surface area is 132 Å². The van der Waals surface area contributed by atoms with Crippen molar-refractivity contribution in [2.24, 2.45) is 0 Å². The third-order valence-corrected chi connectivity index (χ3v) is 5.41. The number of sulfonamides is 1. The van der Waals surface area contributed by atoms with Crippen molar-refractivity contribution in [2.45, 2.75) is 51.0 Å². The van der Waals surface area contributed by atoms with Gasteiger partial charge in [-0.2, -0.15) is 12.8 Å². The summed E-state index contributed by atoms with van der Waals surface area (Å²) in [6.07, 6.45) is 4.80. The van der Waals surface area contributed by atoms with Gasteiger partial charge in [0.2, 0.25) is 5.91 Å². The van der Waals surface area contributed by atoms with Gasteiger partial charge in [0, 0.05) is 13.0 Å². The number of nitrogens with zero attached hydrogens (tertiary/aromatic N) is 1. The largest absolute Gasteiger partial charge is 0.280 e. The Morgan fingerprint density at radius 3 is 2.41 bits per heavy atom. The van der Waals surface area contributed by atoms with Crippen LogP contribution in [0.3, 0.4) is 0 Å². The minimum Gasteiger partial charge on any atom is -0.273 e. The molecule has 1 atom stereocenters. The molecule has 1 aliphatic carbocycles. The predicted octanol–water partition coefficient (Wildman–Crippen LogP) is 2.54. The number of rotatable bonds is 4. The normalized spacial score (nSPS) is 18.7. The van der Waals surface area contributed by atoms with Crippen LogP contribution in [0.5, 0.6) is 0 Å². The Bertz CT molecular complexity index is 678. The average molecular weight is 322 g/mol.